The number of carboxylic acids is 1. The molecule has 0 aliphatic carbocycles. The summed E-state index contributed by atoms with van der Waals surface area (Å²) in [4.78, 5) is 43.4. The Labute approximate surface area is 249 Å². The normalized spacial score (nSPS) is 15.1. The third-order valence-corrected chi connectivity index (χ3v) is 6.31. The van der Waals surface area contributed by atoms with Crippen molar-refractivity contribution in [3.63, 3.8) is 0 Å². The average molecular weight is 614 g/mol. The summed E-state index contributed by atoms with van der Waals surface area (Å²) in [6.45, 7) is 1.25. The number of aliphatic carboxylic acids is 1. The molecule has 4 N–H and O–H groups in total. The first-order valence-electron chi connectivity index (χ1n) is 14.3. The first-order valence-corrected chi connectivity index (χ1v) is 15.8. The van der Waals surface area contributed by atoms with Crippen LogP contribution in [0.3, 0.4) is 0 Å². The molecule has 238 valence electrons. The van der Waals surface area contributed by atoms with Crippen molar-refractivity contribution in [1.82, 2.24) is 5.32 Å². The topological polar surface area (TPSA) is 169 Å². The maximum absolute atomic E-state index is 11.8. The van der Waals surface area contributed by atoms with Crippen LogP contribution in [0.15, 0.2) is 60.8 Å². The lowest BCUT2D eigenvalue weighted by Crippen LogP contribution is -2.42. The van der Waals surface area contributed by atoms with Gasteiger partial charge in [0, 0.05) is 13.3 Å². The molecule has 0 heterocycles. The van der Waals surface area contributed by atoms with Gasteiger partial charge in [-0.3, -0.25) is 18.6 Å². The van der Waals surface area contributed by atoms with E-state index in [1.165, 1.54) is 0 Å². The van der Waals surface area contributed by atoms with Crippen molar-refractivity contribution in [2.45, 2.75) is 90.2 Å². The fraction of sp³-hybridized carbons (Fsp3) is 0.567. The molecule has 0 spiro atoms. The highest BCUT2D eigenvalue weighted by Gasteiger charge is 2.28. The third kappa shape index (κ3) is 26.1. The molecular weight excluding hydrogens is 565 g/mol. The van der Waals surface area contributed by atoms with Gasteiger partial charge in [0.05, 0.1) is 13.2 Å². The van der Waals surface area contributed by atoms with Crippen LogP contribution in [0.2, 0.25) is 0 Å². The zero-order chi connectivity index (χ0) is 31.5. The number of esters is 1. The van der Waals surface area contributed by atoms with E-state index in [0.717, 1.165) is 58.3 Å². The van der Waals surface area contributed by atoms with E-state index >= 15 is 0 Å². The molecule has 0 aromatic rings. The van der Waals surface area contributed by atoms with Gasteiger partial charge >= 0.3 is 19.8 Å². The number of amides is 1. The Morgan fingerprint density at radius 1 is 0.786 bits per heavy atom. The van der Waals surface area contributed by atoms with Crippen LogP contribution in [0, 0.1) is 0 Å². The van der Waals surface area contributed by atoms with Gasteiger partial charge in [0.25, 0.3) is 0 Å². The fourth-order valence-corrected chi connectivity index (χ4v) is 3.97. The van der Waals surface area contributed by atoms with Gasteiger partial charge in [-0.2, -0.15) is 0 Å². The van der Waals surface area contributed by atoms with E-state index in [-0.39, 0.29) is 6.42 Å². The minimum Gasteiger partial charge on any atom is -0.480 e. The third-order valence-electron chi connectivity index (χ3n) is 5.36. The summed E-state index contributed by atoms with van der Waals surface area (Å²) >= 11 is 0. The Morgan fingerprint density at radius 2 is 1.31 bits per heavy atom. The zero-order valence-electron chi connectivity index (χ0n) is 24.8. The second-order valence-corrected chi connectivity index (χ2v) is 10.7. The number of carbonyl (C=O) groups excluding carboxylic acids is 2. The lowest BCUT2D eigenvalue weighted by Gasteiger charge is -2.18. The SMILES string of the molecule is CC/C=C\C/C=C\C/C=C\C/C=C\C/C=C\CCCCCC(=O)OCC(O)COP(=O)(O)OCC(NC(C)=O)C(=O)O. The second-order valence-electron chi connectivity index (χ2n) is 9.30. The van der Waals surface area contributed by atoms with Crippen LogP contribution in [-0.4, -0.2) is 64.9 Å². The number of aliphatic hydroxyl groups excluding tert-OH is 1. The molecule has 3 atom stereocenters. The molecule has 0 aromatic carbocycles. The van der Waals surface area contributed by atoms with E-state index in [2.05, 4.69) is 76.7 Å². The van der Waals surface area contributed by atoms with Crippen LogP contribution in [0.1, 0.15) is 78.1 Å². The number of nitrogens with one attached hydrogen (secondary N) is 1. The Balaban J connectivity index is 3.85. The minimum atomic E-state index is -4.71. The fourth-order valence-electron chi connectivity index (χ4n) is 3.19. The quantitative estimate of drug-likeness (QED) is 0.0458. The number of phosphoric acid groups is 1. The number of carbonyl (C=O) groups is 3. The maximum Gasteiger partial charge on any atom is 0.472 e. The van der Waals surface area contributed by atoms with E-state index in [4.69, 9.17) is 9.84 Å². The van der Waals surface area contributed by atoms with Gasteiger partial charge in [0.15, 0.2) is 6.04 Å². The first-order chi connectivity index (χ1) is 20.1. The number of phosphoric ester groups is 1. The lowest BCUT2D eigenvalue weighted by molar-refractivity contribution is -0.147. The average Bonchev–Trinajstić information content (AvgIpc) is 2.94. The van der Waals surface area contributed by atoms with Crippen molar-refractivity contribution in [2.75, 3.05) is 19.8 Å². The van der Waals surface area contributed by atoms with Crippen molar-refractivity contribution in [3.8, 4) is 0 Å². The number of rotatable bonds is 25. The monoisotopic (exact) mass is 613 g/mol. The highest BCUT2D eigenvalue weighted by Crippen LogP contribution is 2.43. The lowest BCUT2D eigenvalue weighted by atomic mass is 10.1. The molecule has 0 aliphatic heterocycles. The summed E-state index contributed by atoms with van der Waals surface area (Å²) in [6.07, 6.45) is 28.5. The van der Waals surface area contributed by atoms with Gasteiger partial charge in [-0.05, 0) is 51.4 Å². The first kappa shape index (κ1) is 39.2. The predicted octanol–water partition coefficient (Wildman–Crippen LogP) is 5.32. The Kier molecular flexibility index (Phi) is 24.1. The second kappa shape index (κ2) is 25.9. The number of hydrogen-bond acceptors (Lipinski definition) is 8. The van der Waals surface area contributed by atoms with Crippen LogP contribution in [0.5, 0.6) is 0 Å². The van der Waals surface area contributed by atoms with Gasteiger partial charge in [-0.25, -0.2) is 9.36 Å². The van der Waals surface area contributed by atoms with Crippen molar-refractivity contribution >= 4 is 25.7 Å². The molecule has 0 bridgehead atoms. The smallest absolute Gasteiger partial charge is 0.472 e. The molecule has 11 nitrogen and oxygen atoms in total. The van der Waals surface area contributed by atoms with Crippen LogP contribution in [-0.2, 0) is 32.7 Å². The van der Waals surface area contributed by atoms with E-state index in [1.54, 1.807) is 0 Å². The molecule has 0 rings (SSSR count). The summed E-state index contributed by atoms with van der Waals surface area (Å²) in [5, 5.41) is 20.8. The Morgan fingerprint density at radius 3 is 1.83 bits per heavy atom. The molecule has 3 unspecified atom stereocenters. The highest BCUT2D eigenvalue weighted by atomic mass is 31.2. The maximum atomic E-state index is 11.8. The number of hydrogen-bond donors (Lipinski definition) is 4. The molecule has 1 amide bonds. The van der Waals surface area contributed by atoms with Gasteiger partial charge < -0.3 is 25.2 Å². The molecule has 0 aromatic heterocycles. The van der Waals surface area contributed by atoms with Crippen molar-refractivity contribution in [1.29, 1.82) is 0 Å². The van der Waals surface area contributed by atoms with Gasteiger partial charge in [-0.1, -0.05) is 74.1 Å². The minimum absolute atomic E-state index is 0.181. The van der Waals surface area contributed by atoms with Gasteiger partial charge in [-0.15, -0.1) is 0 Å². The molecule has 0 radical (unpaired) electrons. The van der Waals surface area contributed by atoms with Crippen LogP contribution >= 0.6 is 7.82 Å². The molecular formula is C30H48NO10P. The van der Waals surface area contributed by atoms with E-state index < -0.39 is 57.6 Å². The predicted molar refractivity (Wildman–Crippen MR) is 161 cm³/mol. The largest absolute Gasteiger partial charge is 0.480 e. The van der Waals surface area contributed by atoms with Crippen LogP contribution in [0.25, 0.3) is 0 Å². The number of aliphatic hydroxyl groups is 1. The molecule has 0 aliphatic rings. The Bertz CT molecular complexity index is 958. The van der Waals surface area contributed by atoms with Crippen molar-refractivity contribution in [2.24, 2.45) is 0 Å². The number of ether oxygens (including phenoxy) is 1. The zero-order valence-corrected chi connectivity index (χ0v) is 25.7. The summed E-state index contributed by atoms with van der Waals surface area (Å²) in [5.74, 6) is -2.64. The summed E-state index contributed by atoms with van der Waals surface area (Å²) < 4.78 is 25.9. The number of unbranched alkanes of at least 4 members (excludes halogenated alkanes) is 3. The Hall–Kier alpha value is -2.82. The highest BCUT2D eigenvalue weighted by molar-refractivity contribution is 7.47. The number of allylic oxidation sites excluding steroid dienone is 10. The van der Waals surface area contributed by atoms with E-state index in [0.29, 0.717) is 6.42 Å². The molecule has 0 saturated carbocycles. The van der Waals surface area contributed by atoms with E-state index in [9.17, 15) is 28.9 Å². The molecule has 42 heavy (non-hydrogen) atoms. The van der Waals surface area contributed by atoms with Crippen LogP contribution < -0.4 is 5.32 Å². The van der Waals surface area contributed by atoms with Gasteiger partial charge in [0.1, 0.15) is 12.7 Å². The van der Waals surface area contributed by atoms with Crippen LogP contribution in [0.4, 0.5) is 0 Å². The van der Waals surface area contributed by atoms with Crippen molar-refractivity contribution < 1.29 is 47.8 Å². The summed E-state index contributed by atoms with van der Waals surface area (Å²) in [6, 6.07) is -1.55. The van der Waals surface area contributed by atoms with E-state index in [1.807, 2.05) is 5.32 Å². The molecule has 0 fully saturated rings. The number of carboxylic acid groups (broad SMARTS) is 1. The summed E-state index contributed by atoms with van der Waals surface area (Å²) in [5.41, 5.74) is 0. The van der Waals surface area contributed by atoms with Gasteiger partial charge in [0.2, 0.25) is 5.91 Å². The summed E-state index contributed by atoms with van der Waals surface area (Å²) in [7, 11) is -4.71. The standard InChI is InChI=1S/C30H48NO10P/c1-3-4-5-6-7-8-9-10-11-12-13-14-15-16-17-18-19-20-21-22-29(34)39-23-27(33)24-40-42(37,38)41-25-28(30(35)36)31-26(2)32/h4-5,7-8,10-11,13-14,16-17,27-28,33H,3,6,9,12,15,18-25H2,1-2H3,(H,31,32)(H,35,36)(H,37,38)/b5-4-,8-7-,11-10-,14-13-,17-16-. The van der Waals surface area contributed by atoms with Crippen molar-refractivity contribution in [3.05, 3.63) is 60.8 Å². The molecule has 12 heteroatoms. The molecule has 0 saturated heterocycles.